The highest BCUT2D eigenvalue weighted by atomic mass is 19.1. The van der Waals surface area contributed by atoms with Crippen molar-refractivity contribution in [1.82, 2.24) is 4.98 Å². The first kappa shape index (κ1) is 15.0. The maximum atomic E-state index is 12.9. The van der Waals surface area contributed by atoms with Crippen molar-refractivity contribution in [2.75, 3.05) is 5.32 Å². The van der Waals surface area contributed by atoms with Gasteiger partial charge in [-0.1, -0.05) is 18.2 Å². The largest absolute Gasteiger partial charge is 0.441 e. The van der Waals surface area contributed by atoms with Crippen LogP contribution < -0.4 is 5.32 Å². The van der Waals surface area contributed by atoms with E-state index >= 15 is 0 Å². The highest BCUT2D eigenvalue weighted by Gasteiger charge is 2.14. The van der Waals surface area contributed by atoms with Gasteiger partial charge < -0.3 is 9.73 Å². The fourth-order valence-corrected chi connectivity index (χ4v) is 2.19. The van der Waals surface area contributed by atoms with Crippen LogP contribution in [-0.2, 0) is 11.2 Å². The number of nitrogens with one attached hydrogen (secondary N) is 1. The Hall–Kier alpha value is -2.95. The van der Waals surface area contributed by atoms with Crippen LogP contribution in [0.15, 0.2) is 59.0 Å². The monoisotopic (exact) mass is 310 g/mol. The van der Waals surface area contributed by atoms with E-state index in [1.54, 1.807) is 6.92 Å². The predicted molar refractivity (Wildman–Crippen MR) is 85.4 cm³/mol. The molecule has 0 spiro atoms. The van der Waals surface area contributed by atoms with Crippen LogP contribution in [0, 0.1) is 12.7 Å². The number of anilines is 1. The highest BCUT2D eigenvalue weighted by molar-refractivity contribution is 5.92. The molecule has 116 valence electrons. The summed E-state index contributed by atoms with van der Waals surface area (Å²) < 4.78 is 18.5. The summed E-state index contributed by atoms with van der Waals surface area (Å²) in [5.74, 6) is 0.529. The molecule has 0 saturated carbocycles. The fourth-order valence-electron chi connectivity index (χ4n) is 2.19. The number of aromatic nitrogens is 1. The van der Waals surface area contributed by atoms with E-state index < -0.39 is 0 Å². The SMILES string of the molecule is Cc1oc(-c2ccccc2)nc1CC(=O)Nc1ccc(F)cc1. The summed E-state index contributed by atoms with van der Waals surface area (Å²) >= 11 is 0. The molecule has 1 N–H and O–H groups in total. The molecule has 0 bridgehead atoms. The molecule has 3 aromatic rings. The number of amides is 1. The molecule has 0 unspecified atom stereocenters. The zero-order valence-electron chi connectivity index (χ0n) is 12.5. The molecule has 3 rings (SSSR count). The lowest BCUT2D eigenvalue weighted by atomic mass is 10.2. The van der Waals surface area contributed by atoms with Crippen LogP contribution in [-0.4, -0.2) is 10.9 Å². The second-order valence-corrected chi connectivity index (χ2v) is 5.12. The number of aryl methyl sites for hydroxylation is 1. The molecule has 0 aliphatic rings. The lowest BCUT2D eigenvalue weighted by Crippen LogP contribution is -2.15. The maximum absolute atomic E-state index is 12.9. The Kier molecular flexibility index (Phi) is 4.19. The van der Waals surface area contributed by atoms with Gasteiger partial charge in [-0.05, 0) is 43.3 Å². The lowest BCUT2D eigenvalue weighted by molar-refractivity contribution is -0.115. The van der Waals surface area contributed by atoms with Crippen molar-refractivity contribution in [1.29, 1.82) is 0 Å². The zero-order valence-corrected chi connectivity index (χ0v) is 12.5. The van der Waals surface area contributed by atoms with Gasteiger partial charge in [0.25, 0.3) is 0 Å². The Morgan fingerprint density at radius 1 is 1.13 bits per heavy atom. The van der Waals surface area contributed by atoms with Gasteiger partial charge in [0.1, 0.15) is 11.6 Å². The number of hydrogen-bond acceptors (Lipinski definition) is 3. The van der Waals surface area contributed by atoms with Crippen LogP contribution in [0.5, 0.6) is 0 Å². The van der Waals surface area contributed by atoms with Crippen LogP contribution in [0.3, 0.4) is 0 Å². The first-order valence-electron chi connectivity index (χ1n) is 7.19. The quantitative estimate of drug-likeness (QED) is 0.793. The molecule has 5 heteroatoms. The number of halogens is 1. The van der Waals surface area contributed by atoms with E-state index in [-0.39, 0.29) is 18.1 Å². The highest BCUT2D eigenvalue weighted by Crippen LogP contribution is 2.21. The Balaban J connectivity index is 1.71. The van der Waals surface area contributed by atoms with Crippen molar-refractivity contribution in [3.8, 4) is 11.5 Å². The third kappa shape index (κ3) is 3.63. The molecule has 0 aliphatic carbocycles. The topological polar surface area (TPSA) is 55.1 Å². The third-order valence-electron chi connectivity index (χ3n) is 3.37. The Bertz CT molecular complexity index is 811. The minimum Gasteiger partial charge on any atom is -0.441 e. The summed E-state index contributed by atoms with van der Waals surface area (Å²) in [5, 5.41) is 2.71. The number of benzene rings is 2. The summed E-state index contributed by atoms with van der Waals surface area (Å²) in [6, 6.07) is 15.1. The minimum atomic E-state index is -0.345. The molecular formula is C18H15FN2O2. The first-order chi connectivity index (χ1) is 11.1. The number of oxazole rings is 1. The average Bonchev–Trinajstić information content (AvgIpc) is 2.91. The van der Waals surface area contributed by atoms with Gasteiger partial charge in [-0.2, -0.15) is 0 Å². The molecule has 1 amide bonds. The molecule has 1 heterocycles. The summed E-state index contributed by atoms with van der Waals surface area (Å²) in [7, 11) is 0. The second-order valence-electron chi connectivity index (χ2n) is 5.12. The van der Waals surface area contributed by atoms with Crippen molar-refractivity contribution >= 4 is 11.6 Å². The van der Waals surface area contributed by atoms with Crippen molar-refractivity contribution in [2.24, 2.45) is 0 Å². The zero-order chi connectivity index (χ0) is 16.2. The van der Waals surface area contributed by atoms with E-state index in [0.717, 1.165) is 5.56 Å². The van der Waals surface area contributed by atoms with E-state index in [1.807, 2.05) is 30.3 Å². The van der Waals surface area contributed by atoms with Crippen molar-refractivity contribution in [2.45, 2.75) is 13.3 Å². The van der Waals surface area contributed by atoms with Crippen LogP contribution in [0.1, 0.15) is 11.5 Å². The molecule has 4 nitrogen and oxygen atoms in total. The van der Waals surface area contributed by atoms with Gasteiger partial charge >= 0.3 is 0 Å². The molecular weight excluding hydrogens is 295 g/mol. The number of nitrogens with zero attached hydrogens (tertiary/aromatic N) is 1. The molecule has 0 fully saturated rings. The van der Waals surface area contributed by atoms with Crippen molar-refractivity contribution in [3.63, 3.8) is 0 Å². The predicted octanol–water partition coefficient (Wildman–Crippen LogP) is 3.97. The standard InChI is InChI=1S/C18H15FN2O2/c1-12-16(21-18(23-12)13-5-3-2-4-6-13)11-17(22)20-15-9-7-14(19)8-10-15/h2-10H,11H2,1H3,(H,20,22). The second kappa shape index (κ2) is 6.44. The Morgan fingerprint density at radius 3 is 2.52 bits per heavy atom. The van der Waals surface area contributed by atoms with E-state index in [4.69, 9.17) is 4.42 Å². The summed E-state index contributed by atoms with van der Waals surface area (Å²) in [6.07, 6.45) is 0.0968. The van der Waals surface area contributed by atoms with Gasteiger partial charge in [-0.15, -0.1) is 0 Å². The van der Waals surface area contributed by atoms with Gasteiger partial charge in [0.05, 0.1) is 12.1 Å². The van der Waals surface area contributed by atoms with Gasteiger partial charge in [-0.25, -0.2) is 9.37 Å². The van der Waals surface area contributed by atoms with Crippen LogP contribution >= 0.6 is 0 Å². The lowest BCUT2D eigenvalue weighted by Gasteiger charge is -2.03. The third-order valence-corrected chi connectivity index (χ3v) is 3.37. The molecule has 0 atom stereocenters. The van der Waals surface area contributed by atoms with Crippen LogP contribution in [0.2, 0.25) is 0 Å². The Labute approximate surface area is 133 Å². The van der Waals surface area contributed by atoms with Gasteiger partial charge in [0.2, 0.25) is 11.8 Å². The first-order valence-corrected chi connectivity index (χ1v) is 7.19. The summed E-state index contributed by atoms with van der Waals surface area (Å²) in [6.45, 7) is 1.78. The minimum absolute atomic E-state index is 0.0968. The van der Waals surface area contributed by atoms with Crippen molar-refractivity contribution < 1.29 is 13.6 Å². The Morgan fingerprint density at radius 2 is 1.83 bits per heavy atom. The van der Waals surface area contributed by atoms with E-state index in [2.05, 4.69) is 10.3 Å². The molecule has 0 radical (unpaired) electrons. The smallest absolute Gasteiger partial charge is 0.230 e. The van der Waals surface area contributed by atoms with Crippen LogP contribution in [0.25, 0.3) is 11.5 Å². The van der Waals surface area contributed by atoms with E-state index in [9.17, 15) is 9.18 Å². The molecule has 1 aromatic heterocycles. The average molecular weight is 310 g/mol. The maximum Gasteiger partial charge on any atom is 0.230 e. The van der Waals surface area contributed by atoms with E-state index in [0.29, 0.717) is 23.0 Å². The number of carbonyl (C=O) groups excluding carboxylic acids is 1. The van der Waals surface area contributed by atoms with Crippen LogP contribution in [0.4, 0.5) is 10.1 Å². The number of carbonyl (C=O) groups is 1. The summed E-state index contributed by atoms with van der Waals surface area (Å²) in [4.78, 5) is 16.5. The number of rotatable bonds is 4. The van der Waals surface area contributed by atoms with Gasteiger partial charge in [0, 0.05) is 11.3 Å². The molecule has 2 aromatic carbocycles. The van der Waals surface area contributed by atoms with Gasteiger partial charge in [-0.3, -0.25) is 4.79 Å². The summed E-state index contributed by atoms with van der Waals surface area (Å²) in [5.41, 5.74) is 1.99. The number of hydrogen-bond donors (Lipinski definition) is 1. The normalized spacial score (nSPS) is 10.5. The van der Waals surface area contributed by atoms with Crippen molar-refractivity contribution in [3.05, 3.63) is 71.9 Å². The fraction of sp³-hybridized carbons (Fsp3) is 0.111. The molecule has 0 aliphatic heterocycles. The van der Waals surface area contributed by atoms with Gasteiger partial charge in [0.15, 0.2) is 0 Å². The van der Waals surface area contributed by atoms with E-state index in [1.165, 1.54) is 24.3 Å². The molecule has 23 heavy (non-hydrogen) atoms. The molecule has 0 saturated heterocycles.